The highest BCUT2D eigenvalue weighted by Crippen LogP contribution is 2.30. The second-order valence-corrected chi connectivity index (χ2v) is 5.25. The van der Waals surface area contributed by atoms with Crippen LogP contribution in [0.5, 0.6) is 0 Å². The third-order valence-electron chi connectivity index (χ3n) is 2.42. The first kappa shape index (κ1) is 10.7. The van der Waals surface area contributed by atoms with Crippen molar-refractivity contribution in [1.82, 2.24) is 0 Å². The van der Waals surface area contributed by atoms with Gasteiger partial charge in [0.1, 0.15) is 0 Å². The summed E-state index contributed by atoms with van der Waals surface area (Å²) in [6.45, 7) is 4.43. The molecule has 0 spiro atoms. The fraction of sp³-hybridized carbons (Fsp3) is 0.231. The van der Waals surface area contributed by atoms with Crippen molar-refractivity contribution < 1.29 is 0 Å². The molecular weight excluding hydrogens is 224 g/mol. The van der Waals surface area contributed by atoms with Crippen molar-refractivity contribution >= 4 is 22.9 Å². The smallest absolute Gasteiger partial charge is 0.0406 e. The zero-order chi connectivity index (χ0) is 10.8. The molecule has 0 radical (unpaired) electrons. The van der Waals surface area contributed by atoms with Crippen LogP contribution in [0.25, 0.3) is 10.4 Å². The fourth-order valence-corrected chi connectivity index (χ4v) is 2.62. The molecule has 78 valence electrons. The summed E-state index contributed by atoms with van der Waals surface area (Å²) < 4.78 is 0. The van der Waals surface area contributed by atoms with E-state index >= 15 is 0 Å². The van der Waals surface area contributed by atoms with E-state index in [9.17, 15) is 0 Å². The Kier molecular flexibility index (Phi) is 3.13. The molecular formula is C13H13ClS. The number of hydrogen-bond donors (Lipinski definition) is 0. The predicted octanol–water partition coefficient (Wildman–Crippen LogP) is 5.19. The lowest BCUT2D eigenvalue weighted by molar-refractivity contribution is 0.872. The first-order valence-electron chi connectivity index (χ1n) is 5.01. The van der Waals surface area contributed by atoms with Crippen molar-refractivity contribution in [3.05, 3.63) is 46.3 Å². The van der Waals surface area contributed by atoms with Crippen molar-refractivity contribution in [2.75, 3.05) is 0 Å². The molecule has 0 fully saturated rings. The van der Waals surface area contributed by atoms with Gasteiger partial charge in [-0.25, -0.2) is 0 Å². The van der Waals surface area contributed by atoms with Gasteiger partial charge in [0, 0.05) is 9.90 Å². The third kappa shape index (κ3) is 2.42. The van der Waals surface area contributed by atoms with Gasteiger partial charge in [0.15, 0.2) is 0 Å². The summed E-state index contributed by atoms with van der Waals surface area (Å²) in [6.07, 6.45) is 0. The van der Waals surface area contributed by atoms with Crippen LogP contribution in [0.2, 0.25) is 5.02 Å². The van der Waals surface area contributed by atoms with Crippen LogP contribution in [0.1, 0.15) is 25.3 Å². The summed E-state index contributed by atoms with van der Waals surface area (Å²) in [6, 6.07) is 10.3. The molecule has 2 aromatic rings. The van der Waals surface area contributed by atoms with Gasteiger partial charge in [-0.2, -0.15) is 0 Å². The zero-order valence-corrected chi connectivity index (χ0v) is 10.4. The molecule has 0 aliphatic heterocycles. The Labute approximate surface area is 99.5 Å². The Balaban J connectivity index is 2.33. The second-order valence-electron chi connectivity index (χ2n) is 3.91. The molecule has 0 atom stereocenters. The molecule has 0 saturated heterocycles. The molecule has 0 saturated carbocycles. The summed E-state index contributed by atoms with van der Waals surface area (Å²) in [5, 5.41) is 3.02. The largest absolute Gasteiger partial charge is 0.144 e. The van der Waals surface area contributed by atoms with E-state index in [1.807, 2.05) is 12.1 Å². The lowest BCUT2D eigenvalue weighted by Crippen LogP contribution is -1.80. The summed E-state index contributed by atoms with van der Waals surface area (Å²) in [4.78, 5) is 1.32. The molecule has 0 bridgehead atoms. The summed E-state index contributed by atoms with van der Waals surface area (Å²) in [5.41, 5.74) is 2.65. The van der Waals surface area contributed by atoms with Crippen molar-refractivity contribution in [3.8, 4) is 10.4 Å². The molecule has 0 N–H and O–H groups in total. The first-order chi connectivity index (χ1) is 7.16. The Bertz CT molecular complexity index is 440. The standard InChI is InChI=1S/C13H13ClS/c1-9(2)11-7-13(15-8-11)10-3-5-12(14)6-4-10/h3-9H,1-2H3. The first-order valence-corrected chi connectivity index (χ1v) is 6.27. The molecule has 1 aromatic heterocycles. The highest BCUT2D eigenvalue weighted by molar-refractivity contribution is 7.13. The van der Waals surface area contributed by atoms with Gasteiger partial charge in [-0.3, -0.25) is 0 Å². The third-order valence-corrected chi connectivity index (χ3v) is 3.66. The summed E-state index contributed by atoms with van der Waals surface area (Å²) in [7, 11) is 0. The average molecular weight is 237 g/mol. The Hall–Kier alpha value is -0.790. The number of halogens is 1. The Morgan fingerprint density at radius 1 is 1.13 bits per heavy atom. The van der Waals surface area contributed by atoms with Crippen LogP contribution < -0.4 is 0 Å². The molecule has 15 heavy (non-hydrogen) atoms. The van der Waals surface area contributed by atoms with Crippen LogP contribution in [0.15, 0.2) is 35.7 Å². The van der Waals surface area contributed by atoms with Gasteiger partial charge in [0.25, 0.3) is 0 Å². The van der Waals surface area contributed by atoms with Crippen LogP contribution in [-0.2, 0) is 0 Å². The molecule has 0 amide bonds. The van der Waals surface area contributed by atoms with E-state index in [0.29, 0.717) is 5.92 Å². The van der Waals surface area contributed by atoms with Crippen molar-refractivity contribution in [3.63, 3.8) is 0 Å². The minimum Gasteiger partial charge on any atom is -0.144 e. The highest BCUT2D eigenvalue weighted by Gasteiger charge is 2.05. The Morgan fingerprint density at radius 3 is 2.33 bits per heavy atom. The molecule has 0 aliphatic rings. The summed E-state index contributed by atoms with van der Waals surface area (Å²) in [5.74, 6) is 0.599. The Morgan fingerprint density at radius 2 is 1.80 bits per heavy atom. The van der Waals surface area contributed by atoms with Crippen LogP contribution >= 0.6 is 22.9 Å². The lowest BCUT2D eigenvalue weighted by Gasteiger charge is -1.99. The molecule has 0 unspecified atom stereocenters. The van der Waals surface area contributed by atoms with Crippen molar-refractivity contribution in [2.45, 2.75) is 19.8 Å². The van der Waals surface area contributed by atoms with Gasteiger partial charge in [0.2, 0.25) is 0 Å². The quantitative estimate of drug-likeness (QED) is 0.673. The van der Waals surface area contributed by atoms with E-state index in [0.717, 1.165) is 5.02 Å². The van der Waals surface area contributed by atoms with Crippen LogP contribution in [0.4, 0.5) is 0 Å². The number of thiophene rings is 1. The van der Waals surface area contributed by atoms with Gasteiger partial charge in [-0.1, -0.05) is 37.6 Å². The van der Waals surface area contributed by atoms with E-state index in [1.165, 1.54) is 16.0 Å². The monoisotopic (exact) mass is 236 g/mol. The SMILES string of the molecule is CC(C)c1csc(-c2ccc(Cl)cc2)c1. The highest BCUT2D eigenvalue weighted by atomic mass is 35.5. The normalized spacial score (nSPS) is 10.9. The van der Waals surface area contributed by atoms with Crippen molar-refractivity contribution in [2.24, 2.45) is 0 Å². The maximum atomic E-state index is 5.86. The van der Waals surface area contributed by atoms with E-state index in [2.05, 4.69) is 37.4 Å². The van der Waals surface area contributed by atoms with Gasteiger partial charge in [-0.15, -0.1) is 11.3 Å². The van der Waals surface area contributed by atoms with Crippen LogP contribution in [0, 0.1) is 0 Å². The second kappa shape index (κ2) is 4.38. The van der Waals surface area contributed by atoms with Gasteiger partial charge >= 0.3 is 0 Å². The minimum absolute atomic E-state index is 0.599. The van der Waals surface area contributed by atoms with Crippen LogP contribution in [0.3, 0.4) is 0 Å². The molecule has 0 nitrogen and oxygen atoms in total. The number of benzene rings is 1. The van der Waals surface area contributed by atoms with Gasteiger partial charge < -0.3 is 0 Å². The minimum atomic E-state index is 0.599. The van der Waals surface area contributed by atoms with Crippen LogP contribution in [-0.4, -0.2) is 0 Å². The topological polar surface area (TPSA) is 0 Å². The van der Waals surface area contributed by atoms with Crippen molar-refractivity contribution in [1.29, 1.82) is 0 Å². The molecule has 2 heteroatoms. The lowest BCUT2D eigenvalue weighted by atomic mass is 10.1. The van der Waals surface area contributed by atoms with Gasteiger partial charge in [-0.05, 0) is 40.6 Å². The van der Waals surface area contributed by atoms with E-state index in [-0.39, 0.29) is 0 Å². The maximum Gasteiger partial charge on any atom is 0.0406 e. The molecule has 1 heterocycles. The average Bonchev–Trinajstić information content (AvgIpc) is 2.68. The molecule has 2 rings (SSSR count). The zero-order valence-electron chi connectivity index (χ0n) is 8.83. The molecule has 0 aliphatic carbocycles. The fourth-order valence-electron chi connectivity index (χ4n) is 1.42. The number of rotatable bonds is 2. The predicted molar refractivity (Wildman–Crippen MR) is 68.9 cm³/mol. The summed E-state index contributed by atoms with van der Waals surface area (Å²) >= 11 is 7.65. The van der Waals surface area contributed by atoms with Gasteiger partial charge in [0.05, 0.1) is 0 Å². The number of hydrogen-bond acceptors (Lipinski definition) is 1. The molecule has 1 aromatic carbocycles. The maximum absolute atomic E-state index is 5.86. The van der Waals surface area contributed by atoms with E-state index < -0.39 is 0 Å². The van der Waals surface area contributed by atoms with E-state index in [1.54, 1.807) is 11.3 Å². The van der Waals surface area contributed by atoms with E-state index in [4.69, 9.17) is 11.6 Å².